The van der Waals surface area contributed by atoms with Gasteiger partial charge in [-0.3, -0.25) is 4.79 Å². The number of aliphatic carboxylic acids is 1. The highest BCUT2D eigenvalue weighted by molar-refractivity contribution is 5.95. The van der Waals surface area contributed by atoms with Gasteiger partial charge in [-0.05, 0) is 167 Å². The Balaban J connectivity index is 0.000000202. The molecule has 12 nitrogen and oxygen atoms in total. The molecular formula is C61H66FN5O7. The number of hydrogen-bond acceptors (Lipinski definition) is 7. The molecule has 74 heavy (non-hydrogen) atoms. The second-order valence-corrected chi connectivity index (χ2v) is 21.1. The molecule has 0 fully saturated rings. The first-order valence-electron chi connectivity index (χ1n) is 25.3. The molecule has 2 aromatic heterocycles. The SMILES string of the molecule is CC(C)(C)OC(=O)N(CCc1c[nH]c2ccccc12)C1CCc2cc(/C=C/C(=O)Cc3ccc(F)cc3N)ccc21.CC(C)(C)OC(=O)N(CCc1c[nH]c2ccccc12)C1CCc2cc(/C=C/C(=O)O)ccc21. The second-order valence-electron chi connectivity index (χ2n) is 21.1. The number of nitrogen functional groups attached to an aromatic ring is 1. The number of benzene rings is 5. The molecule has 7 aromatic rings. The maximum absolute atomic E-state index is 13.4. The molecule has 13 heteroatoms. The Labute approximate surface area is 432 Å². The zero-order valence-electron chi connectivity index (χ0n) is 43.0. The molecule has 2 amide bonds. The molecule has 5 N–H and O–H groups in total. The van der Waals surface area contributed by atoms with E-state index in [2.05, 4.69) is 40.3 Å². The lowest BCUT2D eigenvalue weighted by Gasteiger charge is -2.32. The van der Waals surface area contributed by atoms with Crippen LogP contribution in [0.1, 0.15) is 117 Å². The molecule has 9 rings (SSSR count). The first-order valence-corrected chi connectivity index (χ1v) is 25.3. The summed E-state index contributed by atoms with van der Waals surface area (Å²) in [6.45, 7) is 12.4. The average Bonchev–Trinajstić information content (AvgIpc) is 4.16. The first kappa shape index (κ1) is 52.4. The predicted octanol–water partition coefficient (Wildman–Crippen LogP) is 12.9. The highest BCUT2D eigenvalue weighted by Gasteiger charge is 2.35. The number of carboxylic acid groups (broad SMARTS) is 1. The van der Waals surface area contributed by atoms with Crippen molar-refractivity contribution in [1.82, 2.24) is 19.8 Å². The second kappa shape index (κ2) is 22.5. The molecule has 0 saturated carbocycles. The Hall–Kier alpha value is -7.93. The molecule has 0 radical (unpaired) electrons. The minimum atomic E-state index is -0.971. The van der Waals surface area contributed by atoms with Gasteiger partial charge in [0.1, 0.15) is 17.0 Å². The molecule has 2 unspecified atom stereocenters. The van der Waals surface area contributed by atoms with E-state index in [1.165, 1.54) is 34.7 Å². The maximum Gasteiger partial charge on any atom is 0.410 e. The number of carbonyl (C=O) groups is 4. The van der Waals surface area contributed by atoms with Crippen LogP contribution in [0.15, 0.2) is 128 Å². The molecule has 2 heterocycles. The number of carboxylic acids is 1. The van der Waals surface area contributed by atoms with Crippen LogP contribution in [0.25, 0.3) is 34.0 Å². The number of H-pyrrole nitrogens is 2. The molecule has 0 saturated heterocycles. The summed E-state index contributed by atoms with van der Waals surface area (Å²) < 4.78 is 24.9. The van der Waals surface area contributed by atoms with Gasteiger partial charge in [-0.2, -0.15) is 0 Å². The molecule has 0 bridgehead atoms. The molecule has 384 valence electrons. The molecule has 5 aromatic carbocycles. The summed E-state index contributed by atoms with van der Waals surface area (Å²) in [5, 5.41) is 11.2. The van der Waals surface area contributed by atoms with Gasteiger partial charge >= 0.3 is 18.2 Å². The van der Waals surface area contributed by atoms with Crippen molar-refractivity contribution in [3.8, 4) is 0 Å². The number of nitrogens with zero attached hydrogens (tertiary/aromatic N) is 2. The van der Waals surface area contributed by atoms with Crippen LogP contribution >= 0.6 is 0 Å². The van der Waals surface area contributed by atoms with Crippen molar-refractivity contribution in [3.05, 3.63) is 184 Å². The van der Waals surface area contributed by atoms with Crippen LogP contribution in [0.3, 0.4) is 0 Å². The van der Waals surface area contributed by atoms with Crippen molar-refractivity contribution in [2.24, 2.45) is 0 Å². The third-order valence-corrected chi connectivity index (χ3v) is 13.4. The van der Waals surface area contributed by atoms with Gasteiger partial charge in [0.05, 0.1) is 12.1 Å². The fourth-order valence-electron chi connectivity index (χ4n) is 9.96. The van der Waals surface area contributed by atoms with Gasteiger partial charge in [0, 0.05) is 65.5 Å². The number of anilines is 1. The van der Waals surface area contributed by atoms with Gasteiger partial charge in [0.15, 0.2) is 5.78 Å². The third kappa shape index (κ3) is 13.2. The van der Waals surface area contributed by atoms with Crippen LogP contribution in [0.2, 0.25) is 0 Å². The summed E-state index contributed by atoms with van der Waals surface area (Å²) in [5.41, 5.74) is 16.3. The number of allylic oxidation sites excluding steroid dienone is 1. The van der Waals surface area contributed by atoms with Crippen LogP contribution in [0, 0.1) is 5.82 Å². The van der Waals surface area contributed by atoms with Crippen molar-refractivity contribution in [3.63, 3.8) is 0 Å². The molecular weight excluding hydrogens is 934 g/mol. The van der Waals surface area contributed by atoms with Crippen LogP contribution in [0.5, 0.6) is 0 Å². The molecule has 0 spiro atoms. The van der Waals surface area contributed by atoms with Crippen molar-refractivity contribution in [1.29, 1.82) is 0 Å². The van der Waals surface area contributed by atoms with Crippen molar-refractivity contribution >= 4 is 63.6 Å². The van der Waals surface area contributed by atoms with Gasteiger partial charge in [0.25, 0.3) is 0 Å². The number of halogens is 1. The number of aromatic nitrogens is 2. The van der Waals surface area contributed by atoms with Gasteiger partial charge < -0.3 is 40.1 Å². The summed E-state index contributed by atoms with van der Waals surface area (Å²) in [6, 6.07) is 32.3. The Morgan fingerprint density at radius 3 is 1.58 bits per heavy atom. The number of fused-ring (bicyclic) bond motifs is 4. The molecule has 2 atom stereocenters. The maximum atomic E-state index is 13.4. The highest BCUT2D eigenvalue weighted by Crippen LogP contribution is 2.39. The first-order chi connectivity index (χ1) is 35.3. The summed E-state index contributed by atoms with van der Waals surface area (Å²) in [7, 11) is 0. The number of carbonyl (C=O) groups excluding carboxylic acids is 3. The summed E-state index contributed by atoms with van der Waals surface area (Å²) in [5.74, 6) is -1.51. The standard InChI is InChI=1S/C34H36FN3O3.C27H30N2O4/c1-34(2,3)41-33(40)38(17-16-25-21-37-31-7-5-4-6-28(25)31)32-15-11-23-18-22(9-14-29(23)32)8-13-27(39)19-24-10-12-26(35)20-30(24)36;1-27(2,3)33-26(32)29(15-14-20-17-28-23-7-5-4-6-21(20)23)24-12-10-19-16-18(8-11-22(19)24)9-13-25(30)31/h4-10,12-14,18,20-21,32,37H,11,15-17,19,36H2,1-3H3;4-9,11,13,16-17,24,28H,10,12,14-15H2,1-3H3,(H,30,31)/b13-8+;13-9+. The monoisotopic (exact) mass is 999 g/mol. The zero-order chi connectivity index (χ0) is 52.7. The normalized spacial score (nSPS) is 15.2. The van der Waals surface area contributed by atoms with Crippen LogP contribution in [0.4, 0.5) is 19.7 Å². The van der Waals surface area contributed by atoms with Crippen LogP contribution < -0.4 is 5.73 Å². The lowest BCUT2D eigenvalue weighted by atomic mass is 10.0. The Bertz CT molecular complexity index is 3240. The topological polar surface area (TPSA) is 171 Å². The van der Waals surface area contributed by atoms with Gasteiger partial charge in [0.2, 0.25) is 0 Å². The molecule has 2 aliphatic rings. The highest BCUT2D eigenvalue weighted by atomic mass is 19.1. The Morgan fingerprint density at radius 2 is 1.12 bits per heavy atom. The number of rotatable bonds is 14. The predicted molar refractivity (Wildman–Crippen MR) is 290 cm³/mol. The van der Waals surface area contributed by atoms with E-state index in [-0.39, 0.29) is 42.2 Å². The number of amides is 2. The van der Waals surface area contributed by atoms with E-state index >= 15 is 0 Å². The van der Waals surface area contributed by atoms with E-state index in [4.69, 9.17) is 20.3 Å². The Kier molecular flexibility index (Phi) is 15.9. The van der Waals surface area contributed by atoms with E-state index in [0.717, 1.165) is 81.6 Å². The van der Waals surface area contributed by atoms with Gasteiger partial charge in [-0.15, -0.1) is 0 Å². The summed E-state index contributed by atoms with van der Waals surface area (Å²) in [4.78, 5) is 60.4. The number of aromatic amines is 2. The quantitative estimate of drug-likeness (QED) is 0.0616. The minimum Gasteiger partial charge on any atom is -0.478 e. The summed E-state index contributed by atoms with van der Waals surface area (Å²) in [6.07, 6.45) is 14.3. The van der Waals surface area contributed by atoms with E-state index in [0.29, 0.717) is 31.5 Å². The van der Waals surface area contributed by atoms with Crippen LogP contribution in [-0.4, -0.2) is 73.1 Å². The number of ether oxygens (including phenoxy) is 2. The lowest BCUT2D eigenvalue weighted by molar-refractivity contribution is -0.131. The van der Waals surface area contributed by atoms with E-state index in [9.17, 15) is 23.6 Å². The van der Waals surface area contributed by atoms with Gasteiger partial charge in [-0.25, -0.2) is 18.8 Å². The average molecular weight is 1000 g/mol. The fraction of sp³-hybridized carbons (Fsp3) is 0.311. The van der Waals surface area contributed by atoms with Gasteiger partial charge in [-0.1, -0.05) is 84.9 Å². The molecule has 2 aliphatic carbocycles. The van der Waals surface area contributed by atoms with Crippen molar-refractivity contribution < 1.29 is 38.1 Å². The zero-order valence-corrected chi connectivity index (χ0v) is 43.0. The number of aryl methyl sites for hydroxylation is 2. The summed E-state index contributed by atoms with van der Waals surface area (Å²) >= 11 is 0. The van der Waals surface area contributed by atoms with E-state index in [1.807, 2.05) is 118 Å². The minimum absolute atomic E-state index is 0.0717. The van der Waals surface area contributed by atoms with Crippen molar-refractivity contribution in [2.45, 2.75) is 110 Å². The number of para-hydroxylation sites is 2. The number of ketones is 1. The molecule has 0 aliphatic heterocycles. The van der Waals surface area contributed by atoms with E-state index < -0.39 is 23.0 Å². The van der Waals surface area contributed by atoms with Crippen molar-refractivity contribution in [2.75, 3.05) is 18.8 Å². The van der Waals surface area contributed by atoms with E-state index in [1.54, 1.807) is 18.2 Å². The van der Waals surface area contributed by atoms with Crippen LogP contribution in [-0.2, 0) is 51.2 Å². The number of hydrogen-bond donors (Lipinski definition) is 4. The Morgan fingerprint density at radius 1 is 0.649 bits per heavy atom. The fourth-order valence-corrected chi connectivity index (χ4v) is 9.96. The number of nitrogens with two attached hydrogens (primary N) is 1. The lowest BCUT2D eigenvalue weighted by Crippen LogP contribution is -2.40. The third-order valence-electron chi connectivity index (χ3n) is 13.4. The smallest absolute Gasteiger partial charge is 0.410 e. The largest absolute Gasteiger partial charge is 0.478 e. The number of nitrogens with one attached hydrogen (secondary N) is 2.